The molecule has 1 fully saturated rings. The van der Waals surface area contributed by atoms with E-state index in [9.17, 15) is 9.59 Å². The molecule has 1 aliphatic rings. The number of hydrogen-bond acceptors (Lipinski definition) is 4. The van der Waals surface area contributed by atoms with Crippen LogP contribution in [0, 0.1) is 5.92 Å². The third-order valence-electron chi connectivity index (χ3n) is 2.40. The number of alkyl carbamates (subject to hydrolysis) is 1. The third-order valence-corrected chi connectivity index (χ3v) is 3.27. The van der Waals surface area contributed by atoms with Gasteiger partial charge in [-0.25, -0.2) is 9.59 Å². The Morgan fingerprint density at radius 2 is 1.89 bits per heavy atom. The van der Waals surface area contributed by atoms with E-state index in [1.165, 1.54) is 7.11 Å². The number of esters is 1. The second-order valence-electron chi connectivity index (χ2n) is 5.22. The van der Waals surface area contributed by atoms with Crippen LogP contribution in [-0.2, 0) is 14.3 Å². The van der Waals surface area contributed by atoms with Crippen LogP contribution in [0.1, 0.15) is 27.2 Å². The lowest BCUT2D eigenvalue weighted by Crippen LogP contribution is -2.46. The Hall–Kier alpha value is -0.680. The van der Waals surface area contributed by atoms with E-state index in [0.717, 1.165) is 0 Å². The first-order chi connectivity index (χ1) is 8.07. The van der Waals surface area contributed by atoms with Crippen molar-refractivity contribution in [2.45, 2.75) is 43.2 Å². The van der Waals surface area contributed by atoms with Gasteiger partial charge in [0.15, 0.2) is 0 Å². The Bertz CT molecular complexity index is 351. The quantitative estimate of drug-likeness (QED) is 0.641. The number of carbonyl (C=O) groups excluding carboxylic acids is 2. The van der Waals surface area contributed by atoms with Crippen molar-refractivity contribution in [3.8, 4) is 0 Å². The molecule has 1 rings (SSSR count). The second-order valence-corrected chi connectivity index (χ2v) is 6.76. The second kappa shape index (κ2) is 5.13. The minimum Gasteiger partial charge on any atom is -0.467 e. The van der Waals surface area contributed by atoms with Crippen molar-refractivity contribution >= 4 is 35.3 Å². The van der Waals surface area contributed by atoms with Crippen LogP contribution in [0.2, 0.25) is 0 Å². The summed E-state index contributed by atoms with van der Waals surface area (Å²) in [5, 5.41) is 2.44. The number of carbonyl (C=O) groups is 2. The molecule has 0 heterocycles. The van der Waals surface area contributed by atoms with Crippen molar-refractivity contribution in [2.24, 2.45) is 5.92 Å². The number of halogens is 2. The molecule has 0 bridgehead atoms. The molecule has 0 radical (unpaired) electrons. The van der Waals surface area contributed by atoms with Gasteiger partial charge in [-0.2, -0.15) is 0 Å². The topological polar surface area (TPSA) is 64.6 Å². The van der Waals surface area contributed by atoms with E-state index in [-0.39, 0.29) is 5.92 Å². The van der Waals surface area contributed by atoms with Gasteiger partial charge in [0.25, 0.3) is 0 Å². The molecule has 5 nitrogen and oxygen atoms in total. The lowest BCUT2D eigenvalue weighted by Gasteiger charge is -2.22. The summed E-state index contributed by atoms with van der Waals surface area (Å²) in [4.78, 5) is 23.2. The fourth-order valence-electron chi connectivity index (χ4n) is 1.48. The fourth-order valence-corrected chi connectivity index (χ4v) is 2.07. The molecule has 0 aliphatic heterocycles. The lowest BCUT2D eigenvalue weighted by atomic mass is 10.2. The molecule has 1 aliphatic carbocycles. The Labute approximate surface area is 116 Å². The van der Waals surface area contributed by atoms with Crippen LogP contribution in [0.4, 0.5) is 4.79 Å². The van der Waals surface area contributed by atoms with Crippen LogP contribution in [0.25, 0.3) is 0 Å². The molecule has 104 valence electrons. The molecular weight excluding hydrogens is 281 g/mol. The summed E-state index contributed by atoms with van der Waals surface area (Å²) < 4.78 is 8.68. The lowest BCUT2D eigenvalue weighted by molar-refractivity contribution is -0.143. The maximum absolute atomic E-state index is 11.6. The summed E-state index contributed by atoms with van der Waals surface area (Å²) in [5.74, 6) is -0.949. The average Bonchev–Trinajstić information content (AvgIpc) is 2.80. The van der Waals surface area contributed by atoms with Gasteiger partial charge in [-0.15, -0.1) is 23.2 Å². The summed E-state index contributed by atoms with van der Waals surface area (Å²) in [6.07, 6.45) is -0.278. The van der Waals surface area contributed by atoms with Crippen LogP contribution in [0.15, 0.2) is 0 Å². The Balaban J connectivity index is 2.63. The van der Waals surface area contributed by atoms with Crippen molar-refractivity contribution < 1.29 is 19.1 Å². The predicted octanol–water partition coefficient (Wildman–Crippen LogP) is 2.25. The molecule has 0 spiro atoms. The number of amides is 1. The minimum atomic E-state index is -0.992. The molecule has 1 saturated carbocycles. The fraction of sp³-hybridized carbons (Fsp3) is 0.818. The molecule has 0 aromatic heterocycles. The van der Waals surface area contributed by atoms with Crippen molar-refractivity contribution in [3.05, 3.63) is 0 Å². The van der Waals surface area contributed by atoms with E-state index < -0.39 is 28.0 Å². The maximum atomic E-state index is 11.6. The van der Waals surface area contributed by atoms with Gasteiger partial charge >= 0.3 is 12.1 Å². The maximum Gasteiger partial charge on any atom is 0.408 e. The zero-order valence-corrected chi connectivity index (χ0v) is 12.3. The predicted molar refractivity (Wildman–Crippen MR) is 67.7 cm³/mol. The first-order valence-corrected chi connectivity index (χ1v) is 6.27. The molecule has 1 amide bonds. The standard InChI is InChI=1S/C11H17Cl2NO4/c1-10(2,3)18-9(16)14-7(8(15)17-4)6-5-11(6,12)13/h6-7H,5H2,1-4H3,(H,14,16). The van der Waals surface area contributed by atoms with E-state index in [4.69, 9.17) is 27.9 Å². The number of hydrogen-bond donors (Lipinski definition) is 1. The van der Waals surface area contributed by atoms with Gasteiger partial charge < -0.3 is 14.8 Å². The Morgan fingerprint density at radius 3 is 2.22 bits per heavy atom. The minimum absolute atomic E-state index is 0.360. The number of ether oxygens (including phenoxy) is 2. The van der Waals surface area contributed by atoms with Gasteiger partial charge in [0, 0.05) is 5.92 Å². The summed E-state index contributed by atoms with van der Waals surface area (Å²) in [7, 11) is 1.23. The summed E-state index contributed by atoms with van der Waals surface area (Å²) in [6, 6.07) is -0.889. The third kappa shape index (κ3) is 4.21. The van der Waals surface area contributed by atoms with Crippen molar-refractivity contribution in [2.75, 3.05) is 7.11 Å². The van der Waals surface area contributed by atoms with E-state index in [2.05, 4.69) is 10.1 Å². The smallest absolute Gasteiger partial charge is 0.408 e. The zero-order valence-electron chi connectivity index (χ0n) is 10.8. The molecular formula is C11H17Cl2NO4. The highest BCUT2D eigenvalue weighted by molar-refractivity contribution is 6.51. The van der Waals surface area contributed by atoms with E-state index in [0.29, 0.717) is 6.42 Å². The SMILES string of the molecule is COC(=O)C(NC(=O)OC(C)(C)C)C1CC1(Cl)Cl. The van der Waals surface area contributed by atoms with Crippen molar-refractivity contribution in [1.29, 1.82) is 0 Å². The number of methoxy groups -OCH3 is 1. The normalized spacial score (nSPS) is 22.9. The number of rotatable bonds is 3. The van der Waals surface area contributed by atoms with E-state index >= 15 is 0 Å². The average molecular weight is 298 g/mol. The molecule has 1 N–H and O–H groups in total. The largest absolute Gasteiger partial charge is 0.467 e. The van der Waals surface area contributed by atoms with Crippen LogP contribution in [-0.4, -0.2) is 35.1 Å². The van der Waals surface area contributed by atoms with Gasteiger partial charge in [-0.3, -0.25) is 0 Å². The molecule has 0 aromatic rings. The molecule has 7 heteroatoms. The van der Waals surface area contributed by atoms with Crippen LogP contribution in [0.3, 0.4) is 0 Å². The molecule has 0 aromatic carbocycles. The van der Waals surface area contributed by atoms with Crippen LogP contribution in [0.5, 0.6) is 0 Å². The van der Waals surface area contributed by atoms with Gasteiger partial charge in [-0.1, -0.05) is 0 Å². The van der Waals surface area contributed by atoms with Gasteiger partial charge in [0.2, 0.25) is 0 Å². The summed E-state index contributed by atoms with van der Waals surface area (Å²) in [5.41, 5.74) is -0.646. The Morgan fingerprint density at radius 1 is 1.39 bits per heavy atom. The Kier molecular flexibility index (Phi) is 4.38. The van der Waals surface area contributed by atoms with Gasteiger partial charge in [-0.05, 0) is 27.2 Å². The molecule has 0 saturated heterocycles. The van der Waals surface area contributed by atoms with Gasteiger partial charge in [0.1, 0.15) is 16.0 Å². The highest BCUT2D eigenvalue weighted by Crippen LogP contribution is 2.55. The van der Waals surface area contributed by atoms with Crippen LogP contribution < -0.4 is 5.32 Å². The zero-order chi connectivity index (χ0) is 14.1. The summed E-state index contributed by atoms with van der Waals surface area (Å²) in [6.45, 7) is 5.18. The number of alkyl halides is 2. The first-order valence-electron chi connectivity index (χ1n) is 5.52. The highest BCUT2D eigenvalue weighted by Gasteiger charge is 2.58. The monoisotopic (exact) mass is 297 g/mol. The molecule has 18 heavy (non-hydrogen) atoms. The molecule has 2 unspecified atom stereocenters. The van der Waals surface area contributed by atoms with Crippen molar-refractivity contribution in [1.82, 2.24) is 5.32 Å². The first kappa shape index (κ1) is 15.4. The molecule has 2 atom stereocenters. The van der Waals surface area contributed by atoms with E-state index in [1.807, 2.05) is 0 Å². The highest BCUT2D eigenvalue weighted by atomic mass is 35.5. The number of nitrogens with one attached hydrogen (secondary N) is 1. The summed E-state index contributed by atoms with van der Waals surface area (Å²) >= 11 is 11.8. The van der Waals surface area contributed by atoms with E-state index in [1.54, 1.807) is 20.8 Å². The van der Waals surface area contributed by atoms with Crippen LogP contribution >= 0.6 is 23.2 Å². The van der Waals surface area contributed by atoms with Crippen molar-refractivity contribution in [3.63, 3.8) is 0 Å². The van der Waals surface area contributed by atoms with Gasteiger partial charge in [0.05, 0.1) is 7.11 Å².